The van der Waals surface area contributed by atoms with Gasteiger partial charge in [0.15, 0.2) is 0 Å². The van der Waals surface area contributed by atoms with Crippen LogP contribution in [-0.4, -0.2) is 19.6 Å². The molecule has 0 atom stereocenters. The molecule has 4 nitrogen and oxygen atoms in total. The maximum atomic E-state index is 9.93. The zero-order valence-corrected chi connectivity index (χ0v) is 15.9. The first-order valence-corrected chi connectivity index (χ1v) is 4.54. The summed E-state index contributed by atoms with van der Waals surface area (Å²) in [6.07, 6.45) is 2.57. The molecule has 0 saturated carbocycles. The van der Waals surface area contributed by atoms with Gasteiger partial charge >= 0.3 is 10.4 Å². The van der Waals surface area contributed by atoms with E-state index in [1.165, 1.54) is 0 Å². The van der Waals surface area contributed by atoms with E-state index in [1.54, 1.807) is 0 Å². The fraction of sp³-hybridized carbons (Fsp3) is 1.00. The SMILES string of the molecule is CCCCCOS(=O)(=O)O.[Fr]. The molecular formula is C5H12FrO4S. The van der Waals surface area contributed by atoms with E-state index < -0.39 is 10.4 Å². The van der Waals surface area contributed by atoms with Crippen LogP contribution in [0.1, 0.15) is 26.2 Å². The molecule has 0 aromatic heterocycles. The first-order valence-electron chi connectivity index (χ1n) is 3.18. The van der Waals surface area contributed by atoms with Crippen molar-refractivity contribution in [3.05, 3.63) is 0 Å². The zero-order chi connectivity index (χ0) is 8.04. The van der Waals surface area contributed by atoms with Gasteiger partial charge in [0, 0.05) is 49.9 Å². The third-order valence-corrected chi connectivity index (χ3v) is 1.44. The molecule has 11 heavy (non-hydrogen) atoms. The minimum Gasteiger partial charge on any atom is -0.264 e. The van der Waals surface area contributed by atoms with Gasteiger partial charge < -0.3 is 0 Å². The van der Waals surface area contributed by atoms with Gasteiger partial charge in [0.25, 0.3) is 0 Å². The molecule has 0 saturated heterocycles. The summed E-state index contributed by atoms with van der Waals surface area (Å²) in [5.74, 6) is 0. The van der Waals surface area contributed by atoms with Crippen molar-refractivity contribution in [3.8, 4) is 0 Å². The minimum atomic E-state index is -4.20. The first kappa shape index (κ1) is 15.0. The van der Waals surface area contributed by atoms with Gasteiger partial charge in [-0.2, -0.15) is 8.42 Å². The Morgan fingerprint density at radius 2 is 1.91 bits per heavy atom. The smallest absolute Gasteiger partial charge is 0.264 e. The van der Waals surface area contributed by atoms with E-state index in [-0.39, 0.29) is 56.5 Å². The van der Waals surface area contributed by atoms with E-state index in [1.807, 2.05) is 6.92 Å². The number of rotatable bonds is 5. The van der Waals surface area contributed by atoms with Gasteiger partial charge in [0.1, 0.15) is 0 Å². The molecule has 0 heterocycles. The van der Waals surface area contributed by atoms with E-state index in [2.05, 4.69) is 4.18 Å². The molecule has 6 heteroatoms. The Labute approximate surface area is 109 Å². The van der Waals surface area contributed by atoms with Gasteiger partial charge in [0.05, 0.1) is 6.61 Å². The van der Waals surface area contributed by atoms with Crippen LogP contribution < -0.4 is 0 Å². The van der Waals surface area contributed by atoms with Gasteiger partial charge in [-0.3, -0.25) is 4.55 Å². The van der Waals surface area contributed by atoms with Gasteiger partial charge in [-0.05, 0) is 6.42 Å². The van der Waals surface area contributed by atoms with E-state index in [0.29, 0.717) is 6.42 Å². The second-order valence-corrected chi connectivity index (χ2v) is 3.05. The second-order valence-electron chi connectivity index (χ2n) is 1.96. The molecule has 0 aromatic rings. The van der Waals surface area contributed by atoms with Crippen molar-refractivity contribution < 1.29 is 67.0 Å². The number of hydrogen-bond acceptors (Lipinski definition) is 3. The van der Waals surface area contributed by atoms with Crippen LogP contribution in [0.25, 0.3) is 0 Å². The molecule has 0 spiro atoms. The molecule has 0 bridgehead atoms. The Hall–Kier alpha value is 1.47. The predicted octanol–water partition coefficient (Wildman–Crippen LogP) is 0.996. The van der Waals surface area contributed by atoms with Crippen molar-refractivity contribution in [2.24, 2.45) is 0 Å². The molecule has 1 N–H and O–H groups in total. The Kier molecular flexibility index (Phi) is 11.0. The largest absolute Gasteiger partial charge is 0.397 e. The summed E-state index contributed by atoms with van der Waals surface area (Å²) in [5, 5.41) is 0. The zero-order valence-electron chi connectivity index (χ0n) is 6.91. The molecule has 0 aromatic carbocycles. The molecule has 1 radical (unpaired) electrons. The van der Waals surface area contributed by atoms with Gasteiger partial charge in [-0.25, -0.2) is 4.18 Å². The van der Waals surface area contributed by atoms with E-state index in [0.717, 1.165) is 12.8 Å². The quantitative estimate of drug-likeness (QED) is 0.561. The van der Waals surface area contributed by atoms with E-state index in [4.69, 9.17) is 4.55 Å². The van der Waals surface area contributed by atoms with Crippen LogP contribution in [0.4, 0.5) is 0 Å². The molecule has 0 amide bonds. The topological polar surface area (TPSA) is 63.6 Å². The molecule has 0 aliphatic heterocycles. The monoisotopic (exact) mass is 391 g/mol. The van der Waals surface area contributed by atoms with Gasteiger partial charge in [-0.15, -0.1) is 0 Å². The Bertz CT molecular complexity index is 165. The summed E-state index contributed by atoms with van der Waals surface area (Å²) in [5.41, 5.74) is 0. The molecule has 0 aliphatic carbocycles. The summed E-state index contributed by atoms with van der Waals surface area (Å²) in [4.78, 5) is 0. The van der Waals surface area contributed by atoms with Gasteiger partial charge in [0.2, 0.25) is 0 Å². The molecule has 63 valence electrons. The second kappa shape index (κ2) is 8.08. The number of hydrogen-bond donors (Lipinski definition) is 1. The van der Waals surface area contributed by atoms with Crippen molar-refractivity contribution in [2.45, 2.75) is 26.2 Å². The van der Waals surface area contributed by atoms with E-state index in [9.17, 15) is 8.42 Å². The summed E-state index contributed by atoms with van der Waals surface area (Å²) >= 11 is 0. The van der Waals surface area contributed by atoms with Crippen LogP contribution in [0.5, 0.6) is 0 Å². The summed E-state index contributed by atoms with van der Waals surface area (Å²) in [6.45, 7) is 2.07. The minimum absolute atomic E-state index is 0. The Morgan fingerprint density at radius 1 is 1.36 bits per heavy atom. The first-order chi connectivity index (χ1) is 4.56. The van der Waals surface area contributed by atoms with Crippen LogP contribution >= 0.6 is 0 Å². The average molecular weight is 391 g/mol. The molecular weight excluding hydrogens is 379 g/mol. The van der Waals surface area contributed by atoms with Crippen LogP contribution in [0, 0.1) is 49.9 Å². The summed E-state index contributed by atoms with van der Waals surface area (Å²) in [6, 6.07) is 0. The van der Waals surface area contributed by atoms with Crippen molar-refractivity contribution in [1.29, 1.82) is 0 Å². The van der Waals surface area contributed by atoms with Crippen molar-refractivity contribution in [1.82, 2.24) is 0 Å². The van der Waals surface area contributed by atoms with E-state index >= 15 is 0 Å². The summed E-state index contributed by atoms with van der Waals surface area (Å²) in [7, 11) is -4.20. The predicted molar refractivity (Wildman–Crippen MR) is 37.0 cm³/mol. The fourth-order valence-corrected chi connectivity index (χ4v) is 0.845. The third kappa shape index (κ3) is 14.3. The maximum absolute atomic E-state index is 9.93. The fourth-order valence-electron chi connectivity index (χ4n) is 0.516. The van der Waals surface area contributed by atoms with Crippen molar-refractivity contribution in [3.63, 3.8) is 0 Å². The Balaban J connectivity index is 0. The maximum Gasteiger partial charge on any atom is 0.397 e. The third-order valence-electron chi connectivity index (χ3n) is 0.980. The average Bonchev–Trinajstić information content (AvgIpc) is 1.78. The summed E-state index contributed by atoms with van der Waals surface area (Å²) < 4.78 is 32.0. The van der Waals surface area contributed by atoms with Crippen LogP contribution in [0.2, 0.25) is 0 Å². The standard InChI is InChI=1S/C5H12O4S.Fr/c1-2-3-4-5-9-10(6,7)8;/h2-5H2,1H3,(H,6,7,8);. The van der Waals surface area contributed by atoms with Crippen LogP contribution in [0.3, 0.4) is 0 Å². The molecule has 0 unspecified atom stereocenters. The van der Waals surface area contributed by atoms with Crippen molar-refractivity contribution in [2.75, 3.05) is 6.61 Å². The molecule has 0 aliphatic rings. The van der Waals surface area contributed by atoms with Crippen molar-refractivity contribution >= 4 is 10.4 Å². The van der Waals surface area contributed by atoms with Crippen LogP contribution in [0.15, 0.2) is 0 Å². The van der Waals surface area contributed by atoms with Crippen LogP contribution in [-0.2, 0) is 14.6 Å². The molecule has 0 rings (SSSR count). The Morgan fingerprint density at radius 3 is 2.27 bits per heavy atom. The van der Waals surface area contributed by atoms with Gasteiger partial charge in [-0.1, -0.05) is 19.8 Å². The number of unbranched alkanes of at least 4 members (excludes halogenated alkanes) is 2. The molecule has 0 fully saturated rings. The normalized spacial score (nSPS) is 10.7.